The Kier molecular flexibility index (Phi) is 10.7. The molecule has 1 aliphatic heterocycles. The number of hydrogen-bond acceptors (Lipinski definition) is 16. The Morgan fingerprint density at radius 3 is 2.35 bits per heavy atom. The van der Waals surface area contributed by atoms with E-state index in [1.807, 2.05) is 0 Å². The van der Waals surface area contributed by atoms with Gasteiger partial charge < -0.3 is 35.0 Å². The molecule has 0 aliphatic carbocycles. The van der Waals surface area contributed by atoms with Gasteiger partial charge in [-0.15, -0.1) is 0 Å². The van der Waals surface area contributed by atoms with Crippen molar-refractivity contribution in [3.63, 3.8) is 0 Å². The zero-order valence-corrected chi connectivity index (χ0v) is 30.1. The van der Waals surface area contributed by atoms with Crippen LogP contribution in [0.5, 0.6) is 11.8 Å². The van der Waals surface area contributed by atoms with E-state index in [2.05, 4.69) is 40.4 Å². The second-order valence-electron chi connectivity index (χ2n) is 9.36. The number of nitrogens with zero attached hydrogens (tertiary/aromatic N) is 6. The van der Waals surface area contributed by atoms with Crippen LogP contribution in [0.3, 0.4) is 0 Å². The molecular formula is C26H14N8Na2O10S2. The number of ether oxygens (including phenoxy) is 1. The molecule has 7 rings (SSSR count). The van der Waals surface area contributed by atoms with Gasteiger partial charge in [0.2, 0.25) is 17.5 Å². The summed E-state index contributed by atoms with van der Waals surface area (Å²) in [6, 6.07) is 16.0. The molecule has 0 radical (unpaired) electrons. The van der Waals surface area contributed by atoms with E-state index in [0.29, 0.717) is 44.6 Å². The maximum atomic E-state index is 11.2. The van der Waals surface area contributed by atoms with Gasteiger partial charge in [-0.05, 0) is 59.6 Å². The number of benzene rings is 4. The Labute approximate surface area is 317 Å². The number of rotatable bonds is 9. The van der Waals surface area contributed by atoms with E-state index >= 15 is 0 Å². The van der Waals surface area contributed by atoms with Crippen LogP contribution in [0.4, 0.5) is 34.6 Å². The molecule has 0 atom stereocenters. The standard InChI is InChI=1S/C26H16N8O10S2.2Na/c35-34(36)16-4-8-19-20(11-16)41-26-33(19)32-22-21(45-44-43-37)10-13-9-15(3-7-18(13)23(22)42-26)30-25-28-12-27-24(31-25)29-14-1-5-17(6-2-14)46(38,39)40;;/h1-12,37H,(H,38,39,40)(H2,27,28,29,30,31);;/q;2*+1/p-2. The van der Waals surface area contributed by atoms with Crippen LogP contribution in [-0.2, 0) is 19.5 Å². The molecule has 0 fully saturated rings. The van der Waals surface area contributed by atoms with Crippen LogP contribution in [0.1, 0.15) is 0 Å². The van der Waals surface area contributed by atoms with Crippen molar-refractivity contribution in [3.05, 3.63) is 88.6 Å². The smallest absolute Gasteiger partial charge is 0.744 e. The molecule has 2 N–H and O–H groups in total. The summed E-state index contributed by atoms with van der Waals surface area (Å²) in [7, 11) is -4.58. The van der Waals surface area contributed by atoms with Gasteiger partial charge in [-0.1, -0.05) is 0 Å². The minimum absolute atomic E-state index is 0. The molecule has 2 aromatic heterocycles. The Morgan fingerprint density at radius 1 is 0.958 bits per heavy atom. The SMILES string of the molecule is O=[N+]([O-])c1ccc2c(c1)oc1[n+]2[N-]c2c(SOO[O-])cc3cc(Nc4ncnc(Nc5ccc(S(=O)(=O)[O-])cc5)n4)ccc3c2O1.[Na+].[Na+]. The number of nitrogens with one attached hydrogen (secondary N) is 2. The number of aromatic nitrogens is 4. The first-order valence-corrected chi connectivity index (χ1v) is 14.9. The second-order valence-corrected chi connectivity index (χ2v) is 11.5. The zero-order chi connectivity index (χ0) is 32.0. The fourth-order valence-electron chi connectivity index (χ4n) is 4.56. The topological polar surface area (TPSA) is 245 Å². The van der Waals surface area contributed by atoms with Gasteiger partial charge in [0.1, 0.15) is 22.2 Å². The third kappa shape index (κ3) is 7.19. The first-order valence-electron chi connectivity index (χ1n) is 12.7. The molecule has 6 aromatic rings. The molecule has 48 heavy (non-hydrogen) atoms. The largest absolute Gasteiger partial charge is 1.00 e. The Hall–Kier alpha value is -3.64. The molecule has 22 heteroatoms. The summed E-state index contributed by atoms with van der Waals surface area (Å²) in [6.45, 7) is 0. The van der Waals surface area contributed by atoms with Crippen molar-refractivity contribution in [2.24, 2.45) is 0 Å². The number of fused-ring (bicyclic) bond motifs is 6. The summed E-state index contributed by atoms with van der Waals surface area (Å²) in [5, 5.41) is 32.6. The molecule has 0 spiro atoms. The van der Waals surface area contributed by atoms with Crippen molar-refractivity contribution in [2.75, 3.05) is 10.6 Å². The van der Waals surface area contributed by atoms with Crippen molar-refractivity contribution in [2.45, 2.75) is 9.79 Å². The first kappa shape index (κ1) is 35.7. The van der Waals surface area contributed by atoms with Crippen LogP contribution in [0, 0.1) is 10.1 Å². The zero-order valence-electron chi connectivity index (χ0n) is 24.5. The average molecular weight is 709 g/mol. The van der Waals surface area contributed by atoms with E-state index in [1.165, 1.54) is 41.3 Å². The summed E-state index contributed by atoms with van der Waals surface area (Å²) in [5.74, 6) is 0.560. The fourth-order valence-corrected chi connectivity index (χ4v) is 5.52. The van der Waals surface area contributed by atoms with Gasteiger partial charge in [-0.2, -0.15) is 14.0 Å². The van der Waals surface area contributed by atoms with Crippen molar-refractivity contribution in [1.29, 1.82) is 0 Å². The Bertz CT molecular complexity index is 2300. The van der Waals surface area contributed by atoms with E-state index in [0.717, 1.165) is 12.1 Å². The molecule has 3 heterocycles. The molecule has 0 saturated heterocycles. The molecule has 18 nitrogen and oxygen atoms in total. The second kappa shape index (κ2) is 14.5. The summed E-state index contributed by atoms with van der Waals surface area (Å²) in [5.41, 5.74) is 6.26. The van der Waals surface area contributed by atoms with Crippen LogP contribution in [-0.4, -0.2) is 32.8 Å². The minimum atomic E-state index is -4.58. The minimum Gasteiger partial charge on any atom is -0.744 e. The van der Waals surface area contributed by atoms with Gasteiger partial charge in [0.05, 0.1) is 27.9 Å². The molecule has 0 bridgehead atoms. The maximum Gasteiger partial charge on any atom is 1.00 e. The first-order chi connectivity index (χ1) is 22.2. The summed E-state index contributed by atoms with van der Waals surface area (Å²) in [4.78, 5) is 23.1. The van der Waals surface area contributed by atoms with Gasteiger partial charge >= 0.3 is 65.2 Å². The third-order valence-electron chi connectivity index (χ3n) is 6.55. The summed E-state index contributed by atoms with van der Waals surface area (Å²) < 4.78 is 51.3. The van der Waals surface area contributed by atoms with Gasteiger partial charge in [-0.25, -0.2) is 18.4 Å². The van der Waals surface area contributed by atoms with Gasteiger partial charge in [-0.3, -0.25) is 15.2 Å². The molecule has 232 valence electrons. The summed E-state index contributed by atoms with van der Waals surface area (Å²) >= 11 is 0.600. The number of nitro benzene ring substituents is 1. The molecule has 0 amide bonds. The van der Waals surface area contributed by atoms with E-state index in [9.17, 15) is 28.3 Å². The number of nitro groups is 1. The molecule has 0 unspecified atom stereocenters. The van der Waals surface area contributed by atoms with Crippen molar-refractivity contribution >= 4 is 78.7 Å². The molecule has 4 aromatic carbocycles. The Balaban J connectivity index is 0.00000225. The maximum absolute atomic E-state index is 11.2. The Morgan fingerprint density at radius 2 is 1.67 bits per heavy atom. The number of anilines is 4. The predicted octanol–water partition coefficient (Wildman–Crippen LogP) is -1.83. The van der Waals surface area contributed by atoms with Crippen molar-refractivity contribution < 1.29 is 105 Å². The quantitative estimate of drug-likeness (QED) is 0.0319. The monoisotopic (exact) mass is 708 g/mol. The number of hydrogen-bond donors (Lipinski definition) is 2. The third-order valence-corrected chi connectivity index (χ3v) is 8.02. The fraction of sp³-hybridized carbons (Fsp3) is 0. The van der Waals surface area contributed by atoms with Crippen LogP contribution in [0.15, 0.2) is 87.3 Å². The number of non-ortho nitro benzene ring substituents is 1. The van der Waals surface area contributed by atoms with Crippen molar-refractivity contribution in [3.8, 4) is 11.8 Å². The summed E-state index contributed by atoms with van der Waals surface area (Å²) in [6.07, 6.45) is 1.21. The normalized spacial score (nSPS) is 11.7. The van der Waals surface area contributed by atoms with Crippen molar-refractivity contribution in [1.82, 2.24) is 15.0 Å². The molecule has 1 aliphatic rings. The molecular weight excluding hydrogens is 694 g/mol. The van der Waals surface area contributed by atoms with E-state index < -0.39 is 15.0 Å². The number of oxazole rings is 1. The predicted molar refractivity (Wildman–Crippen MR) is 154 cm³/mol. The van der Waals surface area contributed by atoms with E-state index in [4.69, 9.17) is 9.15 Å². The van der Waals surface area contributed by atoms with Crippen LogP contribution < -0.4 is 84.4 Å². The van der Waals surface area contributed by atoms with Gasteiger partial charge in [0.15, 0.2) is 0 Å². The van der Waals surface area contributed by atoms with Crippen LogP contribution >= 0.6 is 12.0 Å². The van der Waals surface area contributed by atoms with Crippen LogP contribution in [0.25, 0.3) is 27.3 Å². The average Bonchev–Trinajstić information content (AvgIpc) is 3.39. The van der Waals surface area contributed by atoms with Gasteiger partial charge in [0.25, 0.3) is 11.2 Å². The van der Waals surface area contributed by atoms with Gasteiger partial charge in [0, 0.05) is 33.8 Å². The van der Waals surface area contributed by atoms with E-state index in [-0.39, 0.29) is 105 Å². The van der Waals surface area contributed by atoms with Crippen LogP contribution in [0.2, 0.25) is 0 Å². The molecule has 0 saturated carbocycles. The van der Waals surface area contributed by atoms with E-state index in [1.54, 1.807) is 24.3 Å².